The highest BCUT2D eigenvalue weighted by molar-refractivity contribution is 8.01. The van der Waals surface area contributed by atoms with Crippen molar-refractivity contribution in [2.75, 3.05) is 0 Å². The van der Waals surface area contributed by atoms with Crippen LogP contribution < -0.4 is 0 Å². The first-order valence-electron chi connectivity index (χ1n) is 6.99. The lowest BCUT2D eigenvalue weighted by molar-refractivity contribution is 0.0994. The fraction of sp³-hybridized carbons (Fsp3) is 0.562. The Morgan fingerprint density at radius 3 is 2.44 bits per heavy atom. The molecule has 1 aliphatic rings. The van der Waals surface area contributed by atoms with Crippen molar-refractivity contribution in [2.24, 2.45) is 0 Å². The smallest absolute Gasteiger partial charge is 0.175 e. The molecule has 1 saturated carbocycles. The highest BCUT2D eigenvalue weighted by atomic mass is 32.2. The Morgan fingerprint density at radius 1 is 1.28 bits per heavy atom. The average molecular weight is 262 g/mol. The van der Waals surface area contributed by atoms with Crippen molar-refractivity contribution < 1.29 is 4.79 Å². The van der Waals surface area contributed by atoms with Gasteiger partial charge in [0.25, 0.3) is 0 Å². The van der Waals surface area contributed by atoms with E-state index in [9.17, 15) is 4.79 Å². The summed E-state index contributed by atoms with van der Waals surface area (Å²) in [6, 6.07) is 8.10. The van der Waals surface area contributed by atoms with E-state index in [1.807, 2.05) is 23.9 Å². The molecule has 1 unspecified atom stereocenters. The third-order valence-corrected chi connectivity index (χ3v) is 5.19. The number of carbonyl (C=O) groups excluding carboxylic acids is 1. The van der Waals surface area contributed by atoms with Gasteiger partial charge in [-0.2, -0.15) is 0 Å². The molecule has 0 saturated heterocycles. The zero-order valence-electron chi connectivity index (χ0n) is 11.3. The molecule has 0 aromatic heterocycles. The van der Waals surface area contributed by atoms with Crippen molar-refractivity contribution in [1.82, 2.24) is 0 Å². The highest BCUT2D eigenvalue weighted by Crippen LogP contribution is 2.33. The molecule has 2 rings (SSSR count). The summed E-state index contributed by atoms with van der Waals surface area (Å²) in [4.78, 5) is 12.3. The number of hydrogen-bond acceptors (Lipinski definition) is 2. The lowest BCUT2D eigenvalue weighted by Crippen LogP contribution is -2.16. The zero-order chi connectivity index (χ0) is 13.0. The number of aryl methyl sites for hydroxylation is 1. The van der Waals surface area contributed by atoms with Gasteiger partial charge in [-0.05, 0) is 31.7 Å². The number of rotatable bonds is 5. The van der Waals surface area contributed by atoms with Crippen LogP contribution in [0.4, 0.5) is 0 Å². The molecule has 2 heteroatoms. The molecule has 1 aliphatic carbocycles. The van der Waals surface area contributed by atoms with Crippen LogP contribution in [0.2, 0.25) is 0 Å². The quantitative estimate of drug-likeness (QED) is 0.727. The van der Waals surface area contributed by atoms with Crippen molar-refractivity contribution in [2.45, 2.75) is 56.5 Å². The van der Waals surface area contributed by atoms with Crippen LogP contribution in [0, 0.1) is 0 Å². The van der Waals surface area contributed by atoms with E-state index in [0.29, 0.717) is 5.25 Å². The Morgan fingerprint density at radius 2 is 1.89 bits per heavy atom. The van der Waals surface area contributed by atoms with E-state index >= 15 is 0 Å². The van der Waals surface area contributed by atoms with Gasteiger partial charge in [0.15, 0.2) is 5.78 Å². The van der Waals surface area contributed by atoms with E-state index in [1.54, 1.807) is 0 Å². The first-order valence-corrected chi connectivity index (χ1v) is 7.93. The van der Waals surface area contributed by atoms with Crippen molar-refractivity contribution >= 4 is 17.5 Å². The number of ketones is 1. The summed E-state index contributed by atoms with van der Waals surface area (Å²) >= 11 is 1.87. The number of benzene rings is 1. The minimum Gasteiger partial charge on any atom is -0.293 e. The van der Waals surface area contributed by atoms with Crippen molar-refractivity contribution in [3.63, 3.8) is 0 Å². The van der Waals surface area contributed by atoms with Gasteiger partial charge in [0, 0.05) is 10.8 Å². The lowest BCUT2D eigenvalue weighted by atomic mass is 10.1. The second-order valence-corrected chi connectivity index (χ2v) is 6.75. The van der Waals surface area contributed by atoms with Crippen LogP contribution >= 0.6 is 11.8 Å². The first-order chi connectivity index (χ1) is 8.70. The number of Topliss-reactive ketones (excluding diaryl/α,β-unsaturated/α-hetero) is 1. The molecule has 0 amide bonds. The van der Waals surface area contributed by atoms with Crippen LogP contribution in [0.3, 0.4) is 0 Å². The number of hydrogen-bond donors (Lipinski definition) is 0. The Balaban J connectivity index is 1.95. The highest BCUT2D eigenvalue weighted by Gasteiger charge is 2.23. The molecule has 1 fully saturated rings. The van der Waals surface area contributed by atoms with Crippen molar-refractivity contribution in [3.05, 3.63) is 35.4 Å². The van der Waals surface area contributed by atoms with Crippen LogP contribution in [0.15, 0.2) is 24.3 Å². The average Bonchev–Trinajstić information content (AvgIpc) is 2.91. The zero-order valence-corrected chi connectivity index (χ0v) is 12.1. The van der Waals surface area contributed by atoms with Gasteiger partial charge in [0.2, 0.25) is 0 Å². The number of carbonyl (C=O) groups is 1. The third-order valence-electron chi connectivity index (χ3n) is 3.71. The monoisotopic (exact) mass is 262 g/mol. The maximum atomic E-state index is 12.3. The molecule has 0 radical (unpaired) electrons. The third kappa shape index (κ3) is 3.38. The second kappa shape index (κ2) is 6.42. The fourth-order valence-corrected chi connectivity index (χ4v) is 3.96. The van der Waals surface area contributed by atoms with Crippen molar-refractivity contribution in [1.29, 1.82) is 0 Å². The molecular weight excluding hydrogens is 240 g/mol. The topological polar surface area (TPSA) is 17.1 Å². The second-order valence-electron chi connectivity index (χ2n) is 5.10. The molecule has 0 spiro atoms. The van der Waals surface area contributed by atoms with Gasteiger partial charge in [-0.1, -0.05) is 44.0 Å². The van der Waals surface area contributed by atoms with Crippen LogP contribution in [-0.2, 0) is 6.42 Å². The number of thioether (sulfide) groups is 1. The first kappa shape index (κ1) is 13.7. The van der Waals surface area contributed by atoms with E-state index in [2.05, 4.69) is 26.0 Å². The summed E-state index contributed by atoms with van der Waals surface area (Å²) in [5.74, 6) is 0.287. The fourth-order valence-electron chi connectivity index (χ4n) is 2.51. The van der Waals surface area contributed by atoms with E-state index in [-0.39, 0.29) is 11.0 Å². The molecule has 1 atom stereocenters. The van der Waals surface area contributed by atoms with Crippen LogP contribution in [0.5, 0.6) is 0 Å². The van der Waals surface area contributed by atoms with E-state index < -0.39 is 0 Å². The van der Waals surface area contributed by atoms with Crippen molar-refractivity contribution in [3.8, 4) is 0 Å². The summed E-state index contributed by atoms with van der Waals surface area (Å²) < 4.78 is 0. The van der Waals surface area contributed by atoms with Crippen LogP contribution in [0.1, 0.15) is 55.5 Å². The van der Waals surface area contributed by atoms with Gasteiger partial charge < -0.3 is 0 Å². The summed E-state index contributed by atoms with van der Waals surface area (Å²) in [7, 11) is 0. The van der Waals surface area contributed by atoms with E-state index in [4.69, 9.17) is 0 Å². The molecule has 1 aromatic carbocycles. The summed E-state index contributed by atoms with van der Waals surface area (Å²) in [6.07, 6.45) is 6.28. The molecule has 1 aromatic rings. The summed E-state index contributed by atoms with van der Waals surface area (Å²) in [5.41, 5.74) is 2.16. The van der Waals surface area contributed by atoms with Gasteiger partial charge in [-0.25, -0.2) is 0 Å². The largest absolute Gasteiger partial charge is 0.293 e. The maximum absolute atomic E-state index is 12.3. The Kier molecular flexibility index (Phi) is 4.87. The molecule has 0 bridgehead atoms. The molecule has 0 aliphatic heterocycles. The molecular formula is C16H22OS. The minimum absolute atomic E-state index is 0.0978. The van der Waals surface area contributed by atoms with Gasteiger partial charge in [0.05, 0.1) is 5.25 Å². The predicted molar refractivity (Wildman–Crippen MR) is 79.5 cm³/mol. The Labute approximate surface area is 114 Å². The van der Waals surface area contributed by atoms with E-state index in [1.165, 1.54) is 31.2 Å². The Hall–Kier alpha value is -0.760. The molecule has 1 nitrogen and oxygen atoms in total. The van der Waals surface area contributed by atoms with Crippen LogP contribution in [-0.4, -0.2) is 16.3 Å². The molecule has 0 heterocycles. The normalized spacial score (nSPS) is 17.9. The van der Waals surface area contributed by atoms with Gasteiger partial charge >= 0.3 is 0 Å². The lowest BCUT2D eigenvalue weighted by Gasteiger charge is -2.15. The van der Waals surface area contributed by atoms with Crippen LogP contribution in [0.25, 0.3) is 0 Å². The summed E-state index contributed by atoms with van der Waals surface area (Å²) in [6.45, 7) is 4.19. The van der Waals surface area contributed by atoms with E-state index in [0.717, 1.165) is 12.0 Å². The molecule has 0 N–H and O–H groups in total. The standard InChI is InChI=1S/C16H22OS/c1-3-13-8-10-14(11-9-13)16(17)12(2)18-15-6-4-5-7-15/h8-12,15H,3-7H2,1-2H3. The van der Waals surface area contributed by atoms with Gasteiger partial charge in [-0.15, -0.1) is 11.8 Å². The predicted octanol–water partition coefficient (Wildman–Crippen LogP) is 4.50. The molecule has 18 heavy (non-hydrogen) atoms. The van der Waals surface area contributed by atoms with Gasteiger partial charge in [-0.3, -0.25) is 4.79 Å². The maximum Gasteiger partial charge on any atom is 0.175 e. The van der Waals surface area contributed by atoms with Gasteiger partial charge in [0.1, 0.15) is 0 Å². The summed E-state index contributed by atoms with van der Waals surface area (Å²) in [5, 5.41) is 0.805. The SMILES string of the molecule is CCc1ccc(C(=O)C(C)SC2CCCC2)cc1. The molecule has 98 valence electrons. The minimum atomic E-state index is 0.0978. The Bertz CT molecular complexity index is 390.